The van der Waals surface area contributed by atoms with E-state index in [9.17, 15) is 0 Å². The summed E-state index contributed by atoms with van der Waals surface area (Å²) in [6.45, 7) is 7.04. The summed E-state index contributed by atoms with van der Waals surface area (Å²) in [5, 5.41) is 4.16. The molecule has 0 saturated heterocycles. The lowest BCUT2D eigenvalue weighted by molar-refractivity contribution is 0.296. The van der Waals surface area contributed by atoms with Crippen molar-refractivity contribution in [2.75, 3.05) is 13.2 Å². The van der Waals surface area contributed by atoms with Gasteiger partial charge < -0.3 is 10.1 Å². The van der Waals surface area contributed by atoms with Crippen LogP contribution in [0.5, 0.6) is 5.75 Å². The van der Waals surface area contributed by atoms with E-state index in [0.717, 1.165) is 41.9 Å². The van der Waals surface area contributed by atoms with Crippen LogP contribution in [0.4, 0.5) is 0 Å². The molecule has 1 saturated carbocycles. The van der Waals surface area contributed by atoms with Crippen LogP contribution in [0.1, 0.15) is 32.3 Å². The zero-order valence-electron chi connectivity index (χ0n) is 11.2. The van der Waals surface area contributed by atoms with Gasteiger partial charge in [-0.05, 0) is 37.3 Å². The maximum absolute atomic E-state index is 6.22. The molecular formula is C15H22ClNO. The molecule has 0 heterocycles. The number of nitrogens with one attached hydrogen (secondary N) is 1. The molecule has 0 bridgehead atoms. The van der Waals surface area contributed by atoms with Gasteiger partial charge in [0, 0.05) is 12.1 Å². The molecule has 0 atom stereocenters. The maximum Gasteiger partial charge on any atom is 0.142 e. The van der Waals surface area contributed by atoms with Gasteiger partial charge in [0.05, 0.1) is 11.6 Å². The largest absolute Gasteiger partial charge is 0.491 e. The molecule has 1 aliphatic rings. The summed E-state index contributed by atoms with van der Waals surface area (Å²) in [6.07, 6.45) is 2.59. The summed E-state index contributed by atoms with van der Waals surface area (Å²) in [6, 6.07) is 5.97. The Morgan fingerprint density at radius 3 is 2.83 bits per heavy atom. The Labute approximate surface area is 115 Å². The molecule has 2 nitrogen and oxygen atoms in total. The number of hydrogen-bond donors (Lipinski definition) is 1. The van der Waals surface area contributed by atoms with Crippen molar-refractivity contribution in [3.63, 3.8) is 0 Å². The molecule has 2 rings (SSSR count). The van der Waals surface area contributed by atoms with E-state index in [1.165, 1.54) is 12.8 Å². The van der Waals surface area contributed by atoms with E-state index in [0.29, 0.717) is 5.92 Å². The van der Waals surface area contributed by atoms with Crippen LogP contribution in [-0.4, -0.2) is 13.2 Å². The van der Waals surface area contributed by atoms with Crippen LogP contribution >= 0.6 is 11.6 Å². The van der Waals surface area contributed by atoms with Gasteiger partial charge in [-0.1, -0.05) is 37.6 Å². The van der Waals surface area contributed by atoms with Gasteiger partial charge in [-0.3, -0.25) is 0 Å². The Kier molecular flexibility index (Phi) is 4.90. The molecule has 1 aromatic carbocycles. The number of halogens is 1. The van der Waals surface area contributed by atoms with E-state index in [4.69, 9.17) is 16.3 Å². The van der Waals surface area contributed by atoms with Gasteiger partial charge in [0.15, 0.2) is 0 Å². The van der Waals surface area contributed by atoms with Gasteiger partial charge in [-0.25, -0.2) is 0 Å². The normalized spacial score (nSPS) is 15.1. The topological polar surface area (TPSA) is 21.3 Å². The van der Waals surface area contributed by atoms with Crippen LogP contribution < -0.4 is 10.1 Å². The Morgan fingerprint density at radius 2 is 2.17 bits per heavy atom. The van der Waals surface area contributed by atoms with Crippen LogP contribution in [0.25, 0.3) is 0 Å². The van der Waals surface area contributed by atoms with Crippen molar-refractivity contribution in [1.29, 1.82) is 0 Å². The number of benzene rings is 1. The van der Waals surface area contributed by atoms with Crippen molar-refractivity contribution < 1.29 is 4.74 Å². The number of ether oxygens (including phenoxy) is 1. The van der Waals surface area contributed by atoms with Crippen molar-refractivity contribution in [3.8, 4) is 5.75 Å². The van der Waals surface area contributed by atoms with Crippen LogP contribution in [0.3, 0.4) is 0 Å². The maximum atomic E-state index is 6.22. The van der Waals surface area contributed by atoms with Crippen molar-refractivity contribution in [3.05, 3.63) is 28.8 Å². The molecule has 3 heteroatoms. The lowest BCUT2D eigenvalue weighted by Gasteiger charge is -2.14. The molecule has 1 N–H and O–H groups in total. The van der Waals surface area contributed by atoms with Gasteiger partial charge in [-0.2, -0.15) is 0 Å². The highest BCUT2D eigenvalue weighted by Crippen LogP contribution is 2.33. The van der Waals surface area contributed by atoms with E-state index in [-0.39, 0.29) is 0 Å². The van der Waals surface area contributed by atoms with Crippen molar-refractivity contribution >= 4 is 11.6 Å². The number of para-hydroxylation sites is 1. The summed E-state index contributed by atoms with van der Waals surface area (Å²) < 4.78 is 5.88. The van der Waals surface area contributed by atoms with Crippen molar-refractivity contribution in [1.82, 2.24) is 5.32 Å². The smallest absolute Gasteiger partial charge is 0.142 e. The fraction of sp³-hybridized carbons (Fsp3) is 0.600. The Morgan fingerprint density at radius 1 is 1.39 bits per heavy atom. The second-order valence-corrected chi connectivity index (χ2v) is 5.91. The summed E-state index contributed by atoms with van der Waals surface area (Å²) >= 11 is 6.22. The predicted octanol–water partition coefficient (Wildman–Crippen LogP) is 3.87. The van der Waals surface area contributed by atoms with Gasteiger partial charge >= 0.3 is 0 Å². The molecule has 1 aliphatic carbocycles. The zero-order valence-corrected chi connectivity index (χ0v) is 12.0. The molecule has 0 radical (unpaired) electrons. The van der Waals surface area contributed by atoms with Gasteiger partial charge in [0.25, 0.3) is 0 Å². The second-order valence-electron chi connectivity index (χ2n) is 5.51. The monoisotopic (exact) mass is 267 g/mol. The first kappa shape index (κ1) is 13.7. The fourth-order valence-electron chi connectivity index (χ4n) is 1.84. The van der Waals surface area contributed by atoms with E-state index in [2.05, 4.69) is 25.2 Å². The van der Waals surface area contributed by atoms with Gasteiger partial charge in [-0.15, -0.1) is 0 Å². The van der Waals surface area contributed by atoms with E-state index >= 15 is 0 Å². The standard InChI is InChI=1S/C15H22ClNO/c1-11(2)8-17-9-13-4-3-5-14(16)15(13)18-10-12-6-7-12/h3-5,11-12,17H,6-10H2,1-2H3. The predicted molar refractivity (Wildman–Crippen MR) is 76.2 cm³/mol. The molecule has 1 fully saturated rings. The van der Waals surface area contributed by atoms with E-state index in [1.807, 2.05) is 12.1 Å². The van der Waals surface area contributed by atoms with Crippen LogP contribution in [0.2, 0.25) is 5.02 Å². The lowest BCUT2D eigenvalue weighted by atomic mass is 10.1. The quantitative estimate of drug-likeness (QED) is 0.810. The highest BCUT2D eigenvalue weighted by molar-refractivity contribution is 6.32. The first-order valence-electron chi connectivity index (χ1n) is 6.77. The third-order valence-electron chi connectivity index (χ3n) is 3.08. The average Bonchev–Trinajstić information content (AvgIpc) is 3.11. The van der Waals surface area contributed by atoms with Crippen LogP contribution in [0, 0.1) is 11.8 Å². The molecule has 0 aromatic heterocycles. The SMILES string of the molecule is CC(C)CNCc1cccc(Cl)c1OCC1CC1. The summed E-state index contributed by atoms with van der Waals surface area (Å²) in [4.78, 5) is 0. The number of hydrogen-bond acceptors (Lipinski definition) is 2. The number of rotatable bonds is 7. The highest BCUT2D eigenvalue weighted by Gasteiger charge is 2.22. The van der Waals surface area contributed by atoms with E-state index in [1.54, 1.807) is 0 Å². The third-order valence-corrected chi connectivity index (χ3v) is 3.37. The second kappa shape index (κ2) is 6.44. The van der Waals surface area contributed by atoms with Crippen LogP contribution in [-0.2, 0) is 6.54 Å². The first-order chi connectivity index (χ1) is 8.66. The molecule has 0 unspecified atom stereocenters. The molecule has 100 valence electrons. The minimum atomic E-state index is 0.653. The lowest BCUT2D eigenvalue weighted by Crippen LogP contribution is -2.19. The minimum Gasteiger partial charge on any atom is -0.491 e. The summed E-state index contributed by atoms with van der Waals surface area (Å²) in [5.41, 5.74) is 1.16. The average molecular weight is 268 g/mol. The third kappa shape index (κ3) is 4.18. The van der Waals surface area contributed by atoms with Gasteiger partial charge in [0.1, 0.15) is 5.75 Å². The molecule has 0 aliphatic heterocycles. The molecule has 0 amide bonds. The Bertz CT molecular complexity index is 388. The molecule has 0 spiro atoms. The summed E-state index contributed by atoms with van der Waals surface area (Å²) in [5.74, 6) is 2.26. The van der Waals surface area contributed by atoms with Crippen molar-refractivity contribution in [2.24, 2.45) is 11.8 Å². The van der Waals surface area contributed by atoms with E-state index < -0.39 is 0 Å². The van der Waals surface area contributed by atoms with Gasteiger partial charge in [0.2, 0.25) is 0 Å². The first-order valence-corrected chi connectivity index (χ1v) is 7.15. The molecule has 18 heavy (non-hydrogen) atoms. The highest BCUT2D eigenvalue weighted by atomic mass is 35.5. The summed E-state index contributed by atoms with van der Waals surface area (Å²) in [7, 11) is 0. The Balaban J connectivity index is 1.95. The van der Waals surface area contributed by atoms with Crippen LogP contribution in [0.15, 0.2) is 18.2 Å². The molecular weight excluding hydrogens is 246 g/mol. The fourth-order valence-corrected chi connectivity index (χ4v) is 2.08. The zero-order chi connectivity index (χ0) is 13.0. The molecule has 1 aromatic rings. The minimum absolute atomic E-state index is 0.653. The Hall–Kier alpha value is -0.730. The van der Waals surface area contributed by atoms with Crippen molar-refractivity contribution in [2.45, 2.75) is 33.2 Å².